The highest BCUT2D eigenvalue weighted by Crippen LogP contribution is 2.31. The molecule has 0 radical (unpaired) electrons. The Balaban J connectivity index is 1.41. The van der Waals surface area contributed by atoms with Crippen molar-refractivity contribution < 1.29 is 27.4 Å². The van der Waals surface area contributed by atoms with Crippen LogP contribution in [0.5, 0.6) is 11.6 Å². The molecule has 0 saturated carbocycles. The van der Waals surface area contributed by atoms with Gasteiger partial charge < -0.3 is 14.8 Å². The van der Waals surface area contributed by atoms with Crippen LogP contribution in [0.1, 0.15) is 15.9 Å². The van der Waals surface area contributed by atoms with Crippen LogP contribution in [-0.2, 0) is 6.18 Å². The molecule has 0 bridgehead atoms. The minimum Gasteiger partial charge on any atom is -0.497 e. The van der Waals surface area contributed by atoms with E-state index < -0.39 is 23.2 Å². The summed E-state index contributed by atoms with van der Waals surface area (Å²) < 4.78 is 51.5. The van der Waals surface area contributed by atoms with Crippen LogP contribution in [0.3, 0.4) is 0 Å². The van der Waals surface area contributed by atoms with Gasteiger partial charge in [0.1, 0.15) is 12.4 Å². The van der Waals surface area contributed by atoms with Crippen LogP contribution in [-0.4, -0.2) is 46.0 Å². The molecular weight excluding hydrogens is 439 g/mol. The standard InChI is InChI=1S/C22H18F3N5O3/c1-32-15-8-6-14(7-9-15)20-28-27-18-10-11-19(29-30(18)20)33-13-12-26-21(31)16-4-2-3-5-17(16)22(23,24)25/h2-11H,12-13H2,1H3,(H,26,31). The number of hydrogen-bond acceptors (Lipinski definition) is 6. The molecule has 0 aliphatic heterocycles. The van der Waals surface area contributed by atoms with Crippen molar-refractivity contribution in [3.05, 3.63) is 71.8 Å². The fourth-order valence-electron chi connectivity index (χ4n) is 3.11. The van der Waals surface area contributed by atoms with Gasteiger partial charge in [-0.15, -0.1) is 15.3 Å². The summed E-state index contributed by atoms with van der Waals surface area (Å²) in [5, 5.41) is 15.0. The van der Waals surface area contributed by atoms with Gasteiger partial charge in [0.2, 0.25) is 5.88 Å². The lowest BCUT2D eigenvalue weighted by Crippen LogP contribution is -2.30. The molecule has 2 heterocycles. The van der Waals surface area contributed by atoms with Crippen molar-refractivity contribution in [2.75, 3.05) is 20.3 Å². The molecule has 1 amide bonds. The van der Waals surface area contributed by atoms with Crippen LogP contribution >= 0.6 is 0 Å². The molecule has 4 rings (SSSR count). The number of hydrogen-bond donors (Lipinski definition) is 1. The number of methoxy groups -OCH3 is 1. The van der Waals surface area contributed by atoms with Gasteiger partial charge in [0.05, 0.1) is 24.8 Å². The lowest BCUT2D eigenvalue weighted by atomic mass is 10.1. The number of ether oxygens (including phenoxy) is 2. The highest BCUT2D eigenvalue weighted by Gasteiger charge is 2.34. The molecule has 4 aromatic rings. The average Bonchev–Trinajstić information content (AvgIpc) is 3.24. The Labute approximate surface area is 186 Å². The minimum atomic E-state index is -4.62. The SMILES string of the molecule is COc1ccc(-c2nnc3ccc(OCCNC(=O)c4ccccc4C(F)(F)F)nn23)cc1. The third-order valence-corrected chi connectivity index (χ3v) is 4.70. The fourth-order valence-corrected chi connectivity index (χ4v) is 3.11. The number of fused-ring (bicyclic) bond motifs is 1. The fraction of sp³-hybridized carbons (Fsp3) is 0.182. The van der Waals surface area contributed by atoms with Crippen molar-refractivity contribution in [3.63, 3.8) is 0 Å². The molecule has 0 spiro atoms. The van der Waals surface area contributed by atoms with E-state index in [0.29, 0.717) is 17.2 Å². The summed E-state index contributed by atoms with van der Waals surface area (Å²) in [4.78, 5) is 12.2. The molecule has 170 valence electrons. The van der Waals surface area contributed by atoms with Gasteiger partial charge in [-0.3, -0.25) is 4.79 Å². The van der Waals surface area contributed by atoms with E-state index in [1.807, 2.05) is 12.1 Å². The van der Waals surface area contributed by atoms with E-state index in [2.05, 4.69) is 20.6 Å². The zero-order valence-corrected chi connectivity index (χ0v) is 17.3. The molecule has 8 nitrogen and oxygen atoms in total. The Bertz CT molecular complexity index is 1270. The predicted molar refractivity (Wildman–Crippen MR) is 112 cm³/mol. The highest BCUT2D eigenvalue weighted by atomic mass is 19.4. The Kier molecular flexibility index (Phi) is 6.11. The second-order valence-electron chi connectivity index (χ2n) is 6.84. The monoisotopic (exact) mass is 457 g/mol. The number of carbonyl (C=O) groups excluding carboxylic acids is 1. The quantitative estimate of drug-likeness (QED) is 0.427. The second kappa shape index (κ2) is 9.15. The summed E-state index contributed by atoms with van der Waals surface area (Å²) >= 11 is 0. The van der Waals surface area contributed by atoms with Crippen LogP contribution in [0.25, 0.3) is 17.0 Å². The molecule has 0 aliphatic carbocycles. The van der Waals surface area contributed by atoms with Gasteiger partial charge in [-0.05, 0) is 42.5 Å². The Morgan fingerprint density at radius 3 is 2.52 bits per heavy atom. The average molecular weight is 457 g/mol. The molecular formula is C22H18F3N5O3. The topological polar surface area (TPSA) is 90.6 Å². The number of nitrogens with one attached hydrogen (secondary N) is 1. The van der Waals surface area contributed by atoms with E-state index in [1.54, 1.807) is 31.4 Å². The molecule has 0 atom stereocenters. The number of halogens is 3. The molecule has 0 aliphatic rings. The van der Waals surface area contributed by atoms with Gasteiger partial charge in [0.15, 0.2) is 11.5 Å². The van der Waals surface area contributed by atoms with Crippen LogP contribution < -0.4 is 14.8 Å². The Morgan fingerprint density at radius 2 is 1.79 bits per heavy atom. The van der Waals surface area contributed by atoms with Gasteiger partial charge in [0, 0.05) is 11.6 Å². The van der Waals surface area contributed by atoms with E-state index in [9.17, 15) is 18.0 Å². The minimum absolute atomic E-state index is 0.00156. The number of aromatic nitrogens is 4. The first-order valence-electron chi connectivity index (χ1n) is 9.81. The van der Waals surface area contributed by atoms with Gasteiger partial charge in [-0.2, -0.15) is 17.7 Å². The summed E-state index contributed by atoms with van der Waals surface area (Å²) in [5.74, 6) is 0.595. The van der Waals surface area contributed by atoms with Crippen molar-refractivity contribution >= 4 is 11.6 Å². The van der Waals surface area contributed by atoms with E-state index in [-0.39, 0.29) is 19.0 Å². The van der Waals surface area contributed by atoms with Crippen molar-refractivity contribution in [1.82, 2.24) is 25.1 Å². The normalized spacial score (nSPS) is 11.4. The lowest BCUT2D eigenvalue weighted by Gasteiger charge is -2.12. The van der Waals surface area contributed by atoms with Crippen LogP contribution in [0.15, 0.2) is 60.7 Å². The zero-order valence-electron chi connectivity index (χ0n) is 17.3. The van der Waals surface area contributed by atoms with Gasteiger partial charge in [-0.25, -0.2) is 0 Å². The van der Waals surface area contributed by atoms with Crippen molar-refractivity contribution in [3.8, 4) is 23.0 Å². The maximum absolute atomic E-state index is 13.1. The lowest BCUT2D eigenvalue weighted by molar-refractivity contribution is -0.137. The third kappa shape index (κ3) is 4.86. The first kappa shape index (κ1) is 22.1. The largest absolute Gasteiger partial charge is 0.497 e. The molecule has 0 unspecified atom stereocenters. The van der Waals surface area contributed by atoms with E-state index in [0.717, 1.165) is 17.7 Å². The van der Waals surface area contributed by atoms with Crippen molar-refractivity contribution in [2.24, 2.45) is 0 Å². The molecule has 2 aromatic carbocycles. The number of rotatable bonds is 7. The summed E-state index contributed by atoms with van der Waals surface area (Å²) in [7, 11) is 1.57. The number of nitrogens with zero attached hydrogens (tertiary/aromatic N) is 4. The van der Waals surface area contributed by atoms with E-state index >= 15 is 0 Å². The highest BCUT2D eigenvalue weighted by molar-refractivity contribution is 5.95. The van der Waals surface area contributed by atoms with Crippen LogP contribution in [0.4, 0.5) is 13.2 Å². The smallest absolute Gasteiger partial charge is 0.417 e. The molecule has 0 fully saturated rings. The molecule has 2 aromatic heterocycles. The summed E-state index contributed by atoms with van der Waals surface area (Å²) in [5.41, 5.74) is -0.166. The second-order valence-corrected chi connectivity index (χ2v) is 6.84. The van der Waals surface area contributed by atoms with Crippen molar-refractivity contribution in [1.29, 1.82) is 0 Å². The van der Waals surface area contributed by atoms with Gasteiger partial charge in [-0.1, -0.05) is 12.1 Å². The van der Waals surface area contributed by atoms with Crippen LogP contribution in [0.2, 0.25) is 0 Å². The van der Waals surface area contributed by atoms with Crippen LogP contribution in [0, 0.1) is 0 Å². The number of benzene rings is 2. The van der Waals surface area contributed by atoms with Gasteiger partial charge in [0.25, 0.3) is 5.91 Å². The summed E-state index contributed by atoms with van der Waals surface area (Å²) in [6, 6.07) is 15.1. The molecule has 11 heteroatoms. The Hall–Kier alpha value is -4.15. The summed E-state index contributed by atoms with van der Waals surface area (Å²) in [6.07, 6.45) is -4.62. The summed E-state index contributed by atoms with van der Waals surface area (Å²) in [6.45, 7) is -0.0172. The first-order valence-corrected chi connectivity index (χ1v) is 9.81. The first-order chi connectivity index (χ1) is 15.9. The molecule has 0 saturated heterocycles. The third-order valence-electron chi connectivity index (χ3n) is 4.70. The molecule has 33 heavy (non-hydrogen) atoms. The number of alkyl halides is 3. The zero-order chi connectivity index (χ0) is 23.4. The Morgan fingerprint density at radius 1 is 1.03 bits per heavy atom. The molecule has 1 N–H and O–H groups in total. The van der Waals surface area contributed by atoms with Gasteiger partial charge >= 0.3 is 6.18 Å². The maximum Gasteiger partial charge on any atom is 0.417 e. The van der Waals surface area contributed by atoms with E-state index in [4.69, 9.17) is 9.47 Å². The number of carbonyl (C=O) groups is 1. The number of amides is 1. The predicted octanol–water partition coefficient (Wildman–Crippen LogP) is 3.63. The maximum atomic E-state index is 13.1. The van der Waals surface area contributed by atoms with Crippen molar-refractivity contribution in [2.45, 2.75) is 6.18 Å². The van der Waals surface area contributed by atoms with E-state index in [1.165, 1.54) is 16.6 Å².